The zero-order valence-electron chi connectivity index (χ0n) is 14.9. The molecule has 0 bridgehead atoms. The van der Waals surface area contributed by atoms with E-state index < -0.39 is 0 Å². The fraction of sp³-hybridized carbons (Fsp3) is 0.905. The van der Waals surface area contributed by atoms with Gasteiger partial charge in [0.2, 0.25) is 0 Å². The van der Waals surface area contributed by atoms with Crippen molar-refractivity contribution in [3.05, 3.63) is 0 Å². The summed E-state index contributed by atoms with van der Waals surface area (Å²) in [4.78, 5) is 24.2. The van der Waals surface area contributed by atoms with E-state index in [-0.39, 0.29) is 5.41 Å². The number of hydrogen-bond donors (Lipinski definition) is 0. The van der Waals surface area contributed by atoms with Crippen molar-refractivity contribution >= 4 is 12.1 Å². The first-order valence-corrected chi connectivity index (χ1v) is 9.97. The van der Waals surface area contributed by atoms with Crippen LogP contribution in [0.1, 0.15) is 78.1 Å². The summed E-state index contributed by atoms with van der Waals surface area (Å²) in [5.74, 6) is 3.25. The van der Waals surface area contributed by atoms with Gasteiger partial charge in [-0.25, -0.2) is 0 Å². The van der Waals surface area contributed by atoms with Gasteiger partial charge in [0, 0.05) is 18.8 Å². The molecule has 6 unspecified atom stereocenters. The lowest BCUT2D eigenvalue weighted by Crippen LogP contribution is -2.56. The molecule has 0 radical (unpaired) electrons. The molecule has 23 heavy (non-hydrogen) atoms. The predicted octanol–water partition coefficient (Wildman–Crippen LogP) is 4.80. The molecule has 0 aromatic rings. The van der Waals surface area contributed by atoms with Gasteiger partial charge in [-0.2, -0.15) is 0 Å². The van der Waals surface area contributed by atoms with Crippen molar-refractivity contribution in [3.8, 4) is 0 Å². The van der Waals surface area contributed by atoms with Gasteiger partial charge in [0.15, 0.2) is 0 Å². The number of ketones is 1. The highest BCUT2D eigenvalue weighted by molar-refractivity contribution is 5.83. The Morgan fingerprint density at radius 3 is 2.57 bits per heavy atom. The van der Waals surface area contributed by atoms with Crippen LogP contribution >= 0.6 is 0 Å². The molecule has 0 saturated heterocycles. The Morgan fingerprint density at radius 2 is 1.78 bits per heavy atom. The SMILES string of the molecule is CC12CCCCC1CC(=O)C1C2CCC2(C)C1CC[C@@H]2CC=O. The number of carbonyl (C=O) groups is 2. The first-order valence-electron chi connectivity index (χ1n) is 9.97. The maximum Gasteiger partial charge on any atom is 0.136 e. The van der Waals surface area contributed by atoms with Crippen LogP contribution in [0.4, 0.5) is 0 Å². The maximum atomic E-state index is 13.1. The van der Waals surface area contributed by atoms with Crippen LogP contribution in [-0.2, 0) is 9.59 Å². The molecule has 7 atom stereocenters. The van der Waals surface area contributed by atoms with E-state index in [1.54, 1.807) is 0 Å². The van der Waals surface area contributed by atoms with Crippen LogP contribution in [0.2, 0.25) is 0 Å². The average Bonchev–Trinajstić information content (AvgIpc) is 2.85. The quantitative estimate of drug-likeness (QED) is 0.686. The van der Waals surface area contributed by atoms with Crippen molar-refractivity contribution in [1.29, 1.82) is 0 Å². The standard InChI is InChI=1S/C21H32O2/c1-20-10-4-3-5-15(20)13-18(23)19-16-7-6-14(9-12-22)21(16,2)11-8-17(19)20/h12,14-17,19H,3-11,13H2,1-2H3/t14-,15?,16?,17?,19?,20?,21?/m1/s1. The minimum Gasteiger partial charge on any atom is -0.303 e. The third-order valence-electron chi connectivity index (χ3n) is 8.96. The van der Waals surface area contributed by atoms with Crippen molar-refractivity contribution in [2.24, 2.45) is 40.4 Å². The summed E-state index contributed by atoms with van der Waals surface area (Å²) >= 11 is 0. The normalized spacial score (nSPS) is 52.4. The Bertz CT molecular complexity index is 512. The van der Waals surface area contributed by atoms with Gasteiger partial charge in [-0.05, 0) is 73.0 Å². The molecule has 4 aliphatic carbocycles. The number of carbonyl (C=O) groups excluding carboxylic acids is 2. The molecular formula is C21H32O2. The minimum absolute atomic E-state index is 0.246. The summed E-state index contributed by atoms with van der Waals surface area (Å²) in [5.41, 5.74) is 0.663. The molecule has 2 nitrogen and oxygen atoms in total. The minimum atomic E-state index is 0.246. The van der Waals surface area contributed by atoms with Gasteiger partial charge in [0.1, 0.15) is 12.1 Å². The summed E-state index contributed by atoms with van der Waals surface area (Å²) in [6, 6.07) is 0. The van der Waals surface area contributed by atoms with Crippen LogP contribution in [0, 0.1) is 40.4 Å². The number of Topliss-reactive ketones (excluding diaryl/α,β-unsaturated/α-hetero) is 1. The van der Waals surface area contributed by atoms with Crippen LogP contribution in [0.3, 0.4) is 0 Å². The zero-order chi connectivity index (χ0) is 16.2. The number of hydrogen-bond acceptors (Lipinski definition) is 2. The summed E-state index contributed by atoms with van der Waals surface area (Å²) < 4.78 is 0. The van der Waals surface area contributed by atoms with E-state index in [1.807, 2.05) is 0 Å². The van der Waals surface area contributed by atoms with E-state index in [0.717, 1.165) is 19.1 Å². The first kappa shape index (κ1) is 15.8. The second-order valence-corrected chi connectivity index (χ2v) is 9.58. The monoisotopic (exact) mass is 316 g/mol. The third kappa shape index (κ3) is 2.12. The van der Waals surface area contributed by atoms with Gasteiger partial charge in [0.05, 0.1) is 0 Å². The molecule has 0 N–H and O–H groups in total. The second-order valence-electron chi connectivity index (χ2n) is 9.58. The number of fused-ring (bicyclic) bond motifs is 5. The molecule has 0 aliphatic heterocycles. The summed E-state index contributed by atoms with van der Waals surface area (Å²) in [6.45, 7) is 4.92. The van der Waals surface area contributed by atoms with Gasteiger partial charge in [-0.1, -0.05) is 26.7 Å². The second kappa shape index (κ2) is 5.43. The van der Waals surface area contributed by atoms with Gasteiger partial charge in [0.25, 0.3) is 0 Å². The Morgan fingerprint density at radius 1 is 1.00 bits per heavy atom. The maximum absolute atomic E-state index is 13.1. The lowest BCUT2D eigenvalue weighted by Gasteiger charge is -2.59. The van der Waals surface area contributed by atoms with Gasteiger partial charge in [-0.3, -0.25) is 4.79 Å². The van der Waals surface area contributed by atoms with E-state index in [4.69, 9.17) is 0 Å². The fourth-order valence-electron chi connectivity index (χ4n) is 7.57. The highest BCUT2D eigenvalue weighted by atomic mass is 16.1. The molecule has 0 aromatic carbocycles. The third-order valence-corrected chi connectivity index (χ3v) is 8.96. The Kier molecular flexibility index (Phi) is 3.74. The summed E-state index contributed by atoms with van der Waals surface area (Å²) in [5, 5.41) is 0. The van der Waals surface area contributed by atoms with E-state index in [9.17, 15) is 9.59 Å². The van der Waals surface area contributed by atoms with Crippen molar-refractivity contribution in [2.75, 3.05) is 0 Å². The average molecular weight is 316 g/mol. The topological polar surface area (TPSA) is 34.1 Å². The van der Waals surface area contributed by atoms with E-state index in [1.165, 1.54) is 44.9 Å². The molecule has 4 saturated carbocycles. The van der Waals surface area contributed by atoms with Crippen molar-refractivity contribution < 1.29 is 9.59 Å². The van der Waals surface area contributed by atoms with Crippen molar-refractivity contribution in [2.45, 2.75) is 78.1 Å². The Labute approximate surface area is 140 Å². The Balaban J connectivity index is 1.66. The molecule has 0 heterocycles. The molecule has 0 spiro atoms. The van der Waals surface area contributed by atoms with Gasteiger partial charge < -0.3 is 4.79 Å². The molecule has 0 aromatic heterocycles. The lowest BCUT2D eigenvalue weighted by atomic mass is 9.44. The number of rotatable bonds is 2. The highest BCUT2D eigenvalue weighted by Gasteiger charge is 2.61. The van der Waals surface area contributed by atoms with Gasteiger partial charge >= 0.3 is 0 Å². The lowest BCUT2D eigenvalue weighted by molar-refractivity contribution is -0.155. The predicted molar refractivity (Wildman–Crippen MR) is 90.9 cm³/mol. The molecule has 4 aliphatic rings. The van der Waals surface area contributed by atoms with Crippen LogP contribution < -0.4 is 0 Å². The molecule has 0 amide bonds. The van der Waals surface area contributed by atoms with E-state index in [0.29, 0.717) is 47.2 Å². The molecule has 128 valence electrons. The summed E-state index contributed by atoms with van der Waals surface area (Å²) in [7, 11) is 0. The first-order chi connectivity index (χ1) is 11.0. The van der Waals surface area contributed by atoms with Crippen LogP contribution in [0.25, 0.3) is 0 Å². The van der Waals surface area contributed by atoms with Crippen LogP contribution in [0.15, 0.2) is 0 Å². The smallest absolute Gasteiger partial charge is 0.136 e. The van der Waals surface area contributed by atoms with E-state index >= 15 is 0 Å². The van der Waals surface area contributed by atoms with E-state index in [2.05, 4.69) is 13.8 Å². The molecular weight excluding hydrogens is 284 g/mol. The Hall–Kier alpha value is -0.660. The highest BCUT2D eigenvalue weighted by Crippen LogP contribution is 2.66. The number of aldehydes is 1. The largest absolute Gasteiger partial charge is 0.303 e. The zero-order valence-corrected chi connectivity index (χ0v) is 14.9. The summed E-state index contributed by atoms with van der Waals surface area (Å²) in [6.07, 6.45) is 12.8. The van der Waals surface area contributed by atoms with Crippen LogP contribution in [-0.4, -0.2) is 12.1 Å². The van der Waals surface area contributed by atoms with Gasteiger partial charge in [-0.15, -0.1) is 0 Å². The molecule has 4 rings (SSSR count). The van der Waals surface area contributed by atoms with Crippen molar-refractivity contribution in [1.82, 2.24) is 0 Å². The van der Waals surface area contributed by atoms with Crippen molar-refractivity contribution in [3.63, 3.8) is 0 Å². The fourth-order valence-corrected chi connectivity index (χ4v) is 7.57. The molecule has 2 heteroatoms. The molecule has 4 fully saturated rings. The van der Waals surface area contributed by atoms with Crippen LogP contribution in [0.5, 0.6) is 0 Å².